The minimum Gasteiger partial charge on any atom is -0.490 e. The highest BCUT2D eigenvalue weighted by atomic mass is 19.4. The summed E-state index contributed by atoms with van der Waals surface area (Å²) in [5.41, 5.74) is 8.99. The van der Waals surface area contributed by atoms with Gasteiger partial charge in [-0.05, 0) is 75.3 Å². The fraction of sp³-hybridized carbons (Fsp3) is 0.552. The molecule has 10 heteroatoms. The molecule has 1 amide bonds. The van der Waals surface area contributed by atoms with Gasteiger partial charge in [0.15, 0.2) is 18.1 Å². The average Bonchev–Trinajstić information content (AvgIpc) is 3.28. The number of carbonyl (C=O) groups excluding carboxylic acids is 1. The molecule has 0 saturated heterocycles. The molecule has 39 heavy (non-hydrogen) atoms. The van der Waals surface area contributed by atoms with Crippen molar-refractivity contribution in [2.75, 3.05) is 37.8 Å². The number of aliphatic hydroxyl groups is 1. The molecule has 4 N–H and O–H groups in total. The topological polar surface area (TPSA) is 97.1 Å². The maximum atomic E-state index is 12.6. The van der Waals surface area contributed by atoms with E-state index in [1.54, 1.807) is 18.2 Å². The van der Waals surface area contributed by atoms with Crippen LogP contribution in [0.1, 0.15) is 61.5 Å². The summed E-state index contributed by atoms with van der Waals surface area (Å²) in [5, 5.41) is 12.9. The lowest BCUT2D eigenvalue weighted by atomic mass is 9.92. The van der Waals surface area contributed by atoms with Crippen molar-refractivity contribution in [3.05, 3.63) is 53.1 Å². The van der Waals surface area contributed by atoms with Gasteiger partial charge in [-0.2, -0.15) is 13.2 Å². The van der Waals surface area contributed by atoms with Gasteiger partial charge in [-0.15, -0.1) is 0 Å². The number of primary amides is 1. The minimum atomic E-state index is -4.43. The van der Waals surface area contributed by atoms with Crippen molar-refractivity contribution in [2.45, 2.75) is 70.6 Å². The van der Waals surface area contributed by atoms with Crippen molar-refractivity contribution in [3.63, 3.8) is 0 Å². The third-order valence-corrected chi connectivity index (χ3v) is 7.14. The molecule has 0 aliphatic carbocycles. The van der Waals surface area contributed by atoms with Gasteiger partial charge in [0, 0.05) is 31.3 Å². The number of benzene rings is 2. The summed E-state index contributed by atoms with van der Waals surface area (Å²) in [4.78, 5) is 14.4. The maximum Gasteiger partial charge on any atom is 0.422 e. The normalized spacial score (nSPS) is 15.5. The predicted molar refractivity (Wildman–Crippen MR) is 146 cm³/mol. The van der Waals surface area contributed by atoms with Crippen LogP contribution in [0, 0.1) is 0 Å². The molecule has 1 aliphatic rings. The Hall–Kier alpha value is -2.98. The number of fused-ring (bicyclic) bond motifs is 1. The highest BCUT2D eigenvalue weighted by molar-refractivity contribution is 6.00. The van der Waals surface area contributed by atoms with Gasteiger partial charge in [-0.3, -0.25) is 4.79 Å². The van der Waals surface area contributed by atoms with Gasteiger partial charge >= 0.3 is 6.18 Å². The van der Waals surface area contributed by atoms with Crippen molar-refractivity contribution in [1.29, 1.82) is 0 Å². The number of aliphatic hydroxyl groups excluding tert-OH is 1. The molecule has 2 aromatic carbocycles. The first-order valence-corrected chi connectivity index (χ1v) is 13.4. The van der Waals surface area contributed by atoms with E-state index in [1.807, 2.05) is 6.07 Å². The number of nitrogens with one attached hydrogen (secondary N) is 1. The summed E-state index contributed by atoms with van der Waals surface area (Å²) in [6.45, 7) is 6.74. The van der Waals surface area contributed by atoms with E-state index >= 15 is 0 Å². The molecule has 2 atom stereocenters. The van der Waals surface area contributed by atoms with Gasteiger partial charge < -0.3 is 30.5 Å². The summed E-state index contributed by atoms with van der Waals surface area (Å²) in [7, 11) is 0. The Balaban J connectivity index is 1.62. The summed E-state index contributed by atoms with van der Waals surface area (Å²) < 4.78 is 48.5. The number of amides is 1. The van der Waals surface area contributed by atoms with Gasteiger partial charge in [-0.1, -0.05) is 25.1 Å². The second kappa shape index (κ2) is 13.4. The van der Waals surface area contributed by atoms with Crippen molar-refractivity contribution >= 4 is 11.6 Å². The van der Waals surface area contributed by atoms with Crippen LogP contribution in [0.15, 0.2) is 36.4 Å². The smallest absolute Gasteiger partial charge is 0.422 e. The lowest BCUT2D eigenvalue weighted by molar-refractivity contribution is -0.153. The molecule has 3 rings (SSSR count). The van der Waals surface area contributed by atoms with Crippen molar-refractivity contribution < 1.29 is 32.5 Å². The first-order valence-electron chi connectivity index (χ1n) is 13.4. The number of ether oxygens (including phenoxy) is 2. The van der Waals surface area contributed by atoms with E-state index in [2.05, 4.69) is 37.1 Å². The number of rotatable bonds is 15. The molecule has 0 saturated carbocycles. The fourth-order valence-electron chi connectivity index (χ4n) is 5.07. The number of halogens is 3. The zero-order valence-corrected chi connectivity index (χ0v) is 22.9. The molecular formula is C29H40F3N3O4. The first kappa shape index (κ1) is 30.6. The lowest BCUT2D eigenvalue weighted by Gasteiger charge is -2.33. The van der Waals surface area contributed by atoms with E-state index in [0.717, 1.165) is 36.2 Å². The van der Waals surface area contributed by atoms with Crippen LogP contribution in [0.4, 0.5) is 18.9 Å². The molecule has 0 spiro atoms. The van der Waals surface area contributed by atoms with Gasteiger partial charge in [0.1, 0.15) is 0 Å². The van der Waals surface area contributed by atoms with Gasteiger partial charge in [-0.25, -0.2) is 0 Å². The quantitative estimate of drug-likeness (QED) is 0.299. The van der Waals surface area contributed by atoms with E-state index < -0.39 is 18.7 Å². The van der Waals surface area contributed by atoms with Crippen molar-refractivity contribution in [2.24, 2.45) is 5.73 Å². The molecule has 7 nitrogen and oxygen atoms in total. The van der Waals surface area contributed by atoms with E-state index in [1.165, 1.54) is 6.07 Å². The molecule has 1 heterocycles. The van der Waals surface area contributed by atoms with Crippen LogP contribution < -0.4 is 25.4 Å². The standard InChI is InChI=1S/C29H40F3N3O4/c1-4-28(3,11-15-38-24-8-5-6-9-25(24)39-19-29(30,31)32)34-20(2)16-21-17-22-10-13-35(12-7-14-36)26(22)23(18-21)27(33)37/h5-6,8-9,17-18,20,34,36H,4,7,10-16,19H2,1-3H3,(H2,33,37)/t20-,28?/m1/s1. The second-order valence-corrected chi connectivity index (χ2v) is 10.4. The van der Waals surface area contributed by atoms with Crippen LogP contribution in [0.3, 0.4) is 0 Å². The number of alkyl halides is 3. The molecule has 1 aliphatic heterocycles. The molecular weight excluding hydrogens is 511 g/mol. The first-order chi connectivity index (χ1) is 18.4. The van der Waals surface area contributed by atoms with Gasteiger partial charge in [0.05, 0.1) is 17.9 Å². The van der Waals surface area contributed by atoms with Crippen LogP contribution in [-0.4, -0.2) is 61.7 Å². The SMILES string of the molecule is CCC(C)(CCOc1ccccc1OCC(F)(F)F)N[C@H](C)Cc1cc2c(c(C(N)=O)c1)N(CCCO)CC2. The number of hydrogen-bond donors (Lipinski definition) is 3. The summed E-state index contributed by atoms with van der Waals surface area (Å²) in [6.07, 6.45) is -0.846. The van der Waals surface area contributed by atoms with Gasteiger partial charge in [0.25, 0.3) is 5.91 Å². The maximum absolute atomic E-state index is 12.6. The minimum absolute atomic E-state index is 0.0612. The third kappa shape index (κ3) is 8.76. The number of carbonyl (C=O) groups is 1. The van der Waals surface area contributed by atoms with E-state index in [-0.39, 0.29) is 29.7 Å². The summed E-state index contributed by atoms with van der Waals surface area (Å²) >= 11 is 0. The van der Waals surface area contributed by atoms with Crippen LogP contribution in [0.25, 0.3) is 0 Å². The lowest BCUT2D eigenvalue weighted by Crippen LogP contribution is -2.48. The fourth-order valence-corrected chi connectivity index (χ4v) is 5.07. The Bertz CT molecular complexity index is 1110. The Morgan fingerprint density at radius 2 is 1.90 bits per heavy atom. The summed E-state index contributed by atoms with van der Waals surface area (Å²) in [5.74, 6) is -0.121. The molecule has 0 bridgehead atoms. The highest BCUT2D eigenvalue weighted by Gasteiger charge is 2.30. The number of nitrogens with two attached hydrogens (primary N) is 1. The third-order valence-electron chi connectivity index (χ3n) is 7.14. The Kier molecular flexibility index (Phi) is 10.5. The molecule has 0 fully saturated rings. The van der Waals surface area contributed by atoms with Crippen molar-refractivity contribution in [1.82, 2.24) is 5.32 Å². The predicted octanol–water partition coefficient (Wildman–Crippen LogP) is 4.63. The van der Waals surface area contributed by atoms with Crippen LogP contribution >= 0.6 is 0 Å². The number of para-hydroxylation sites is 2. The zero-order chi connectivity index (χ0) is 28.6. The average molecular weight is 552 g/mol. The molecule has 0 aromatic heterocycles. The van der Waals surface area contributed by atoms with Crippen LogP contribution in [0.5, 0.6) is 11.5 Å². The molecule has 0 radical (unpaired) electrons. The van der Waals surface area contributed by atoms with Crippen molar-refractivity contribution in [3.8, 4) is 11.5 Å². The number of hydrogen-bond acceptors (Lipinski definition) is 6. The molecule has 216 valence electrons. The Morgan fingerprint density at radius 3 is 2.51 bits per heavy atom. The van der Waals surface area contributed by atoms with E-state index in [0.29, 0.717) is 38.0 Å². The zero-order valence-electron chi connectivity index (χ0n) is 22.9. The Labute approximate surface area is 228 Å². The molecule has 1 unspecified atom stereocenters. The summed E-state index contributed by atoms with van der Waals surface area (Å²) in [6, 6.07) is 10.4. The monoisotopic (exact) mass is 551 g/mol. The number of nitrogens with zero attached hydrogens (tertiary/aromatic N) is 1. The molecule has 2 aromatic rings. The van der Waals surface area contributed by atoms with Crippen LogP contribution in [-0.2, 0) is 12.8 Å². The Morgan fingerprint density at radius 1 is 1.21 bits per heavy atom. The largest absolute Gasteiger partial charge is 0.490 e. The second-order valence-electron chi connectivity index (χ2n) is 10.4. The van der Waals surface area contributed by atoms with E-state index in [4.69, 9.17) is 15.2 Å². The van der Waals surface area contributed by atoms with Gasteiger partial charge in [0.2, 0.25) is 0 Å². The highest BCUT2D eigenvalue weighted by Crippen LogP contribution is 2.34. The number of anilines is 1. The van der Waals surface area contributed by atoms with E-state index in [9.17, 15) is 23.1 Å². The van der Waals surface area contributed by atoms with Crippen LogP contribution in [0.2, 0.25) is 0 Å².